The molecule has 2 N–H and O–H groups in total. The normalized spacial score (nSPS) is 15.9. The SMILES string of the molecule is CN(CC1CCCC1)C(=O)c1ccc(F)cc1N. The van der Waals surface area contributed by atoms with Gasteiger partial charge >= 0.3 is 0 Å². The van der Waals surface area contributed by atoms with Crippen LogP contribution in [0.25, 0.3) is 0 Å². The number of carbonyl (C=O) groups is 1. The van der Waals surface area contributed by atoms with Gasteiger partial charge in [0, 0.05) is 19.3 Å². The molecule has 1 aliphatic carbocycles. The van der Waals surface area contributed by atoms with Crippen LogP contribution in [0.5, 0.6) is 0 Å². The molecule has 0 atom stereocenters. The molecule has 0 spiro atoms. The molecule has 4 heteroatoms. The fourth-order valence-electron chi connectivity index (χ4n) is 2.60. The van der Waals surface area contributed by atoms with Gasteiger partial charge in [0.15, 0.2) is 0 Å². The minimum atomic E-state index is -0.414. The maximum absolute atomic E-state index is 12.9. The topological polar surface area (TPSA) is 46.3 Å². The van der Waals surface area contributed by atoms with E-state index in [-0.39, 0.29) is 11.6 Å². The minimum absolute atomic E-state index is 0.126. The lowest BCUT2D eigenvalue weighted by atomic mass is 10.1. The lowest BCUT2D eigenvalue weighted by Crippen LogP contribution is -2.31. The summed E-state index contributed by atoms with van der Waals surface area (Å²) >= 11 is 0. The Bertz CT molecular complexity index is 441. The molecule has 0 heterocycles. The highest BCUT2D eigenvalue weighted by molar-refractivity contribution is 5.98. The van der Waals surface area contributed by atoms with Crippen molar-refractivity contribution in [1.29, 1.82) is 0 Å². The van der Waals surface area contributed by atoms with E-state index < -0.39 is 5.82 Å². The zero-order valence-corrected chi connectivity index (χ0v) is 10.7. The molecule has 1 aromatic rings. The lowest BCUT2D eigenvalue weighted by Gasteiger charge is -2.21. The molecule has 0 aromatic heterocycles. The van der Waals surface area contributed by atoms with Gasteiger partial charge in [-0.3, -0.25) is 4.79 Å². The Morgan fingerprint density at radius 1 is 1.44 bits per heavy atom. The van der Waals surface area contributed by atoms with Crippen molar-refractivity contribution >= 4 is 11.6 Å². The molecule has 0 saturated heterocycles. The molecule has 2 rings (SSSR count). The number of rotatable bonds is 3. The molecule has 1 aliphatic rings. The predicted octanol–water partition coefficient (Wildman–Crippen LogP) is 2.67. The molecule has 0 unspecified atom stereocenters. The van der Waals surface area contributed by atoms with Crippen molar-refractivity contribution in [3.05, 3.63) is 29.6 Å². The molecule has 3 nitrogen and oxygen atoms in total. The molecular formula is C14H19FN2O. The Kier molecular flexibility index (Phi) is 3.84. The average molecular weight is 250 g/mol. The van der Waals surface area contributed by atoms with Gasteiger partial charge in [0.2, 0.25) is 0 Å². The van der Waals surface area contributed by atoms with Crippen LogP contribution in [0.15, 0.2) is 18.2 Å². The Hall–Kier alpha value is -1.58. The lowest BCUT2D eigenvalue weighted by molar-refractivity contribution is 0.0774. The van der Waals surface area contributed by atoms with Crippen LogP contribution in [0.2, 0.25) is 0 Å². The van der Waals surface area contributed by atoms with Crippen LogP contribution in [-0.2, 0) is 0 Å². The quantitative estimate of drug-likeness (QED) is 0.838. The molecule has 1 fully saturated rings. The Morgan fingerprint density at radius 2 is 2.11 bits per heavy atom. The third kappa shape index (κ3) is 2.81. The number of nitrogens with two attached hydrogens (primary N) is 1. The molecule has 1 saturated carbocycles. The fraction of sp³-hybridized carbons (Fsp3) is 0.500. The molecule has 18 heavy (non-hydrogen) atoms. The van der Waals surface area contributed by atoms with E-state index in [2.05, 4.69) is 0 Å². The predicted molar refractivity (Wildman–Crippen MR) is 69.7 cm³/mol. The maximum atomic E-state index is 12.9. The zero-order valence-electron chi connectivity index (χ0n) is 10.7. The highest BCUT2D eigenvalue weighted by Crippen LogP contribution is 2.26. The second kappa shape index (κ2) is 5.38. The van der Waals surface area contributed by atoms with Crippen molar-refractivity contribution in [3.63, 3.8) is 0 Å². The highest BCUT2D eigenvalue weighted by atomic mass is 19.1. The third-order valence-corrected chi connectivity index (χ3v) is 3.60. The maximum Gasteiger partial charge on any atom is 0.255 e. The standard InChI is InChI=1S/C14H19FN2O/c1-17(9-10-4-2-3-5-10)14(18)12-7-6-11(15)8-13(12)16/h6-8,10H,2-5,9,16H2,1H3. The van der Waals surface area contributed by atoms with Crippen LogP contribution in [-0.4, -0.2) is 24.4 Å². The molecule has 0 bridgehead atoms. The van der Waals surface area contributed by atoms with Gasteiger partial charge < -0.3 is 10.6 Å². The average Bonchev–Trinajstić information content (AvgIpc) is 2.81. The van der Waals surface area contributed by atoms with Gasteiger partial charge in [-0.05, 0) is 37.0 Å². The zero-order chi connectivity index (χ0) is 13.1. The van der Waals surface area contributed by atoms with E-state index in [4.69, 9.17) is 5.73 Å². The first-order valence-electron chi connectivity index (χ1n) is 6.38. The van der Waals surface area contributed by atoms with Crippen molar-refractivity contribution in [2.75, 3.05) is 19.3 Å². The summed E-state index contributed by atoms with van der Waals surface area (Å²) in [6.45, 7) is 0.760. The molecule has 1 amide bonds. The van der Waals surface area contributed by atoms with Crippen LogP contribution >= 0.6 is 0 Å². The van der Waals surface area contributed by atoms with Crippen molar-refractivity contribution in [1.82, 2.24) is 4.90 Å². The molecule has 0 aliphatic heterocycles. The summed E-state index contributed by atoms with van der Waals surface area (Å²) in [5, 5.41) is 0. The second-order valence-corrected chi connectivity index (χ2v) is 5.07. The van der Waals surface area contributed by atoms with E-state index in [1.54, 1.807) is 11.9 Å². The van der Waals surface area contributed by atoms with Gasteiger partial charge in [-0.2, -0.15) is 0 Å². The minimum Gasteiger partial charge on any atom is -0.398 e. The number of nitrogens with zero attached hydrogens (tertiary/aromatic N) is 1. The van der Waals surface area contributed by atoms with Crippen molar-refractivity contribution in [2.24, 2.45) is 5.92 Å². The fourth-order valence-corrected chi connectivity index (χ4v) is 2.60. The summed E-state index contributed by atoms with van der Waals surface area (Å²) < 4.78 is 12.9. The number of halogens is 1. The van der Waals surface area contributed by atoms with Crippen LogP contribution in [0.4, 0.5) is 10.1 Å². The van der Waals surface area contributed by atoms with E-state index in [1.165, 1.54) is 43.9 Å². The Morgan fingerprint density at radius 3 is 2.72 bits per heavy atom. The largest absolute Gasteiger partial charge is 0.398 e. The molecular weight excluding hydrogens is 231 g/mol. The van der Waals surface area contributed by atoms with Crippen molar-refractivity contribution in [2.45, 2.75) is 25.7 Å². The smallest absolute Gasteiger partial charge is 0.255 e. The highest BCUT2D eigenvalue weighted by Gasteiger charge is 2.21. The number of nitrogen functional groups attached to an aromatic ring is 1. The summed E-state index contributed by atoms with van der Waals surface area (Å²) in [4.78, 5) is 13.9. The molecule has 98 valence electrons. The van der Waals surface area contributed by atoms with Gasteiger partial charge in [-0.25, -0.2) is 4.39 Å². The van der Waals surface area contributed by atoms with Gasteiger partial charge in [-0.15, -0.1) is 0 Å². The van der Waals surface area contributed by atoms with Crippen LogP contribution in [0, 0.1) is 11.7 Å². The number of carbonyl (C=O) groups excluding carboxylic acids is 1. The monoisotopic (exact) mass is 250 g/mol. The summed E-state index contributed by atoms with van der Waals surface area (Å²) in [7, 11) is 1.78. The number of hydrogen-bond donors (Lipinski definition) is 1. The first-order chi connectivity index (χ1) is 8.58. The first-order valence-corrected chi connectivity index (χ1v) is 6.38. The molecule has 1 aromatic carbocycles. The van der Waals surface area contributed by atoms with Crippen LogP contribution < -0.4 is 5.73 Å². The van der Waals surface area contributed by atoms with Gasteiger partial charge in [0.1, 0.15) is 5.82 Å². The third-order valence-electron chi connectivity index (χ3n) is 3.60. The Balaban J connectivity index is 2.05. The first kappa shape index (κ1) is 12.9. The van der Waals surface area contributed by atoms with Crippen LogP contribution in [0.3, 0.4) is 0 Å². The number of hydrogen-bond acceptors (Lipinski definition) is 2. The van der Waals surface area contributed by atoms with E-state index >= 15 is 0 Å². The van der Waals surface area contributed by atoms with Crippen LogP contribution in [0.1, 0.15) is 36.0 Å². The van der Waals surface area contributed by atoms with Crippen molar-refractivity contribution < 1.29 is 9.18 Å². The van der Waals surface area contributed by atoms with E-state index in [0.29, 0.717) is 11.5 Å². The summed E-state index contributed by atoms with van der Waals surface area (Å²) in [6, 6.07) is 3.92. The summed E-state index contributed by atoms with van der Waals surface area (Å²) in [6.07, 6.45) is 4.89. The van der Waals surface area contributed by atoms with Crippen molar-refractivity contribution in [3.8, 4) is 0 Å². The molecule has 0 radical (unpaired) electrons. The van der Waals surface area contributed by atoms with E-state index in [0.717, 1.165) is 6.54 Å². The van der Waals surface area contributed by atoms with Gasteiger partial charge in [0.25, 0.3) is 5.91 Å². The number of amides is 1. The second-order valence-electron chi connectivity index (χ2n) is 5.07. The summed E-state index contributed by atoms with van der Waals surface area (Å²) in [5.41, 5.74) is 6.27. The number of benzene rings is 1. The number of anilines is 1. The van der Waals surface area contributed by atoms with E-state index in [1.807, 2.05) is 0 Å². The van der Waals surface area contributed by atoms with Gasteiger partial charge in [-0.1, -0.05) is 12.8 Å². The van der Waals surface area contributed by atoms with E-state index in [9.17, 15) is 9.18 Å². The summed E-state index contributed by atoms with van der Waals surface area (Å²) in [5.74, 6) is 0.0579. The van der Waals surface area contributed by atoms with Gasteiger partial charge in [0.05, 0.1) is 5.56 Å². The Labute approximate surface area is 107 Å².